The van der Waals surface area contributed by atoms with Crippen molar-refractivity contribution in [2.24, 2.45) is 0 Å². The van der Waals surface area contributed by atoms with Gasteiger partial charge in [-0.15, -0.1) is 0 Å². The summed E-state index contributed by atoms with van der Waals surface area (Å²) in [4.78, 5) is 14.3. The predicted octanol–water partition coefficient (Wildman–Crippen LogP) is 2.22. The van der Waals surface area contributed by atoms with Crippen LogP contribution in [0.3, 0.4) is 0 Å². The lowest BCUT2D eigenvalue weighted by Crippen LogP contribution is -2.43. The maximum atomic E-state index is 12.5. The van der Waals surface area contributed by atoms with E-state index < -0.39 is 7.12 Å². The fraction of sp³-hybridized carbons (Fsp3) is 0.500. The Labute approximate surface area is 144 Å². The Balaban J connectivity index is 2.12. The highest BCUT2D eigenvalue weighted by Gasteiger charge is 2.29. The largest absolute Gasteiger partial charge is 0.562 e. The summed E-state index contributed by atoms with van der Waals surface area (Å²) < 4.78 is 16.9. The highest BCUT2D eigenvalue weighted by molar-refractivity contribution is 6.61. The van der Waals surface area contributed by atoms with Crippen LogP contribution in [0.25, 0.3) is 0 Å². The van der Waals surface area contributed by atoms with Gasteiger partial charge in [0.2, 0.25) is 0 Å². The molecule has 1 aliphatic rings. The second kappa shape index (κ2) is 7.86. The molecule has 5 nitrogen and oxygen atoms in total. The van der Waals surface area contributed by atoms with Crippen LogP contribution < -0.4 is 5.46 Å². The van der Waals surface area contributed by atoms with Crippen LogP contribution in [0.2, 0.25) is 0 Å². The number of amides is 1. The van der Waals surface area contributed by atoms with Crippen LogP contribution in [0.5, 0.6) is 0 Å². The van der Waals surface area contributed by atoms with E-state index in [2.05, 4.69) is 6.58 Å². The minimum Gasteiger partial charge on any atom is -0.536 e. The second-order valence-corrected chi connectivity index (χ2v) is 6.91. The lowest BCUT2D eigenvalue weighted by Gasteiger charge is -2.27. The van der Waals surface area contributed by atoms with Crippen LogP contribution in [0, 0.1) is 0 Å². The summed E-state index contributed by atoms with van der Waals surface area (Å²) in [6.45, 7) is 13.9. The van der Waals surface area contributed by atoms with Crippen LogP contribution >= 0.6 is 0 Å². The molecular formula is C18H26BNO4. The lowest BCUT2D eigenvalue weighted by molar-refractivity contribution is 0.0303. The van der Waals surface area contributed by atoms with Crippen LogP contribution in [0.1, 0.15) is 38.1 Å². The van der Waals surface area contributed by atoms with Gasteiger partial charge in [-0.3, -0.25) is 4.79 Å². The highest BCUT2D eigenvalue weighted by atomic mass is 16.6. The standard InChI is InChI=1S/C18H26BNO4/c1-14(2)23-19(24-18(3,4)5)16-8-6-15(7-9-16)17(21)20-10-12-22-13-11-20/h6-9H,1,10-13H2,2-5H3. The summed E-state index contributed by atoms with van der Waals surface area (Å²) in [7, 11) is -0.546. The van der Waals surface area contributed by atoms with Crippen molar-refractivity contribution >= 4 is 18.5 Å². The van der Waals surface area contributed by atoms with Crippen LogP contribution in [-0.2, 0) is 14.0 Å². The first-order chi connectivity index (χ1) is 11.3. The number of hydrogen-bond donors (Lipinski definition) is 0. The third kappa shape index (κ3) is 5.39. The first kappa shape index (κ1) is 18.6. The zero-order valence-electron chi connectivity index (χ0n) is 15.0. The molecule has 0 bridgehead atoms. The molecule has 0 radical (unpaired) electrons. The molecule has 1 heterocycles. The Bertz CT molecular complexity index is 574. The number of ether oxygens (including phenoxy) is 1. The van der Waals surface area contributed by atoms with Crippen LogP contribution in [0.15, 0.2) is 36.6 Å². The molecule has 1 fully saturated rings. The molecule has 2 rings (SSSR count). The number of carbonyl (C=O) groups is 1. The summed E-state index contributed by atoms with van der Waals surface area (Å²) in [5, 5.41) is 0. The van der Waals surface area contributed by atoms with Crippen molar-refractivity contribution in [1.82, 2.24) is 4.90 Å². The quantitative estimate of drug-likeness (QED) is 0.613. The predicted molar refractivity (Wildman–Crippen MR) is 95.3 cm³/mol. The molecule has 0 aliphatic carbocycles. The molecule has 0 spiro atoms. The number of benzene rings is 1. The first-order valence-electron chi connectivity index (χ1n) is 8.23. The molecule has 1 aromatic rings. The van der Waals surface area contributed by atoms with Crippen molar-refractivity contribution in [3.8, 4) is 0 Å². The van der Waals surface area contributed by atoms with Gasteiger partial charge in [0.1, 0.15) is 0 Å². The Morgan fingerprint density at radius 2 is 1.79 bits per heavy atom. The summed E-state index contributed by atoms with van der Waals surface area (Å²) in [6, 6.07) is 7.36. The number of allylic oxidation sites excluding steroid dienone is 1. The van der Waals surface area contributed by atoms with Gasteiger partial charge in [0, 0.05) is 24.3 Å². The van der Waals surface area contributed by atoms with Gasteiger partial charge in [-0.05, 0) is 45.3 Å². The number of nitrogens with zero attached hydrogens (tertiary/aromatic N) is 1. The maximum absolute atomic E-state index is 12.5. The van der Waals surface area contributed by atoms with Gasteiger partial charge in [0.15, 0.2) is 0 Å². The van der Waals surface area contributed by atoms with E-state index in [0.717, 1.165) is 5.46 Å². The van der Waals surface area contributed by atoms with E-state index in [-0.39, 0.29) is 11.5 Å². The Kier molecular flexibility index (Phi) is 6.07. The smallest absolute Gasteiger partial charge is 0.536 e. The van der Waals surface area contributed by atoms with Gasteiger partial charge >= 0.3 is 7.12 Å². The second-order valence-electron chi connectivity index (χ2n) is 6.91. The van der Waals surface area contributed by atoms with Gasteiger partial charge in [0.05, 0.1) is 19.0 Å². The average molecular weight is 331 g/mol. The fourth-order valence-electron chi connectivity index (χ4n) is 2.40. The Morgan fingerprint density at radius 1 is 1.21 bits per heavy atom. The van der Waals surface area contributed by atoms with Gasteiger partial charge in [-0.2, -0.15) is 0 Å². The zero-order chi connectivity index (χ0) is 17.7. The highest BCUT2D eigenvalue weighted by Crippen LogP contribution is 2.13. The normalized spacial score (nSPS) is 15.1. The van der Waals surface area contributed by atoms with E-state index in [0.29, 0.717) is 37.6 Å². The van der Waals surface area contributed by atoms with Gasteiger partial charge < -0.3 is 18.9 Å². The molecule has 0 unspecified atom stereocenters. The summed E-state index contributed by atoms with van der Waals surface area (Å²) >= 11 is 0. The number of hydrogen-bond acceptors (Lipinski definition) is 4. The monoisotopic (exact) mass is 331 g/mol. The number of morpholine rings is 1. The van der Waals surface area contributed by atoms with Crippen LogP contribution in [-0.4, -0.2) is 49.8 Å². The topological polar surface area (TPSA) is 48.0 Å². The molecule has 0 saturated carbocycles. The molecule has 0 atom stereocenters. The zero-order valence-corrected chi connectivity index (χ0v) is 15.0. The molecule has 1 saturated heterocycles. The van der Waals surface area contributed by atoms with Crippen molar-refractivity contribution in [2.45, 2.75) is 33.3 Å². The van der Waals surface area contributed by atoms with E-state index in [1.165, 1.54) is 0 Å². The van der Waals surface area contributed by atoms with Crippen LogP contribution in [0.4, 0.5) is 0 Å². The summed E-state index contributed by atoms with van der Waals surface area (Å²) in [5.74, 6) is 0.608. The van der Waals surface area contributed by atoms with E-state index in [4.69, 9.17) is 14.0 Å². The first-order valence-corrected chi connectivity index (χ1v) is 8.23. The van der Waals surface area contributed by atoms with Crippen molar-refractivity contribution in [1.29, 1.82) is 0 Å². The molecular weight excluding hydrogens is 305 g/mol. The summed E-state index contributed by atoms with van der Waals surface area (Å²) in [6.07, 6.45) is 0. The minimum atomic E-state index is -0.546. The van der Waals surface area contributed by atoms with Crippen molar-refractivity contribution in [3.05, 3.63) is 42.2 Å². The van der Waals surface area contributed by atoms with E-state index in [9.17, 15) is 4.79 Å². The Hall–Kier alpha value is -1.79. The van der Waals surface area contributed by atoms with E-state index in [1.807, 2.05) is 49.9 Å². The van der Waals surface area contributed by atoms with E-state index in [1.54, 1.807) is 6.92 Å². The fourth-order valence-corrected chi connectivity index (χ4v) is 2.40. The molecule has 1 aliphatic heterocycles. The average Bonchev–Trinajstić information content (AvgIpc) is 2.53. The molecule has 24 heavy (non-hydrogen) atoms. The minimum absolute atomic E-state index is 0.0268. The molecule has 1 aromatic carbocycles. The summed E-state index contributed by atoms with van der Waals surface area (Å²) in [5.41, 5.74) is 1.15. The van der Waals surface area contributed by atoms with E-state index >= 15 is 0 Å². The van der Waals surface area contributed by atoms with Crippen molar-refractivity contribution in [2.75, 3.05) is 26.3 Å². The SMILES string of the molecule is C=C(C)OB(OC(C)(C)C)c1ccc(C(=O)N2CCOCC2)cc1. The third-order valence-corrected chi connectivity index (χ3v) is 3.50. The molecule has 0 aromatic heterocycles. The van der Waals surface area contributed by atoms with Gasteiger partial charge in [0.25, 0.3) is 5.91 Å². The van der Waals surface area contributed by atoms with Gasteiger partial charge in [-0.25, -0.2) is 0 Å². The van der Waals surface area contributed by atoms with Crippen molar-refractivity contribution in [3.63, 3.8) is 0 Å². The Morgan fingerprint density at radius 3 is 2.29 bits per heavy atom. The number of rotatable bonds is 5. The van der Waals surface area contributed by atoms with Gasteiger partial charge in [-0.1, -0.05) is 18.7 Å². The lowest BCUT2D eigenvalue weighted by atomic mass is 9.77. The third-order valence-electron chi connectivity index (χ3n) is 3.50. The molecule has 0 N–H and O–H groups in total. The van der Waals surface area contributed by atoms with Crippen molar-refractivity contribution < 1.29 is 18.8 Å². The molecule has 6 heteroatoms. The maximum Gasteiger partial charge on any atom is 0.562 e. The molecule has 1 amide bonds. The number of carbonyl (C=O) groups excluding carboxylic acids is 1. The molecule has 130 valence electrons.